The fraction of sp³-hybridized carbons (Fsp3) is 0.758. The molecule has 0 aromatic heterocycles. The molecule has 1 heterocycles. The van der Waals surface area contributed by atoms with E-state index in [1.54, 1.807) is 12.1 Å². The first-order valence-electron chi connectivity index (χ1n) is 30.1. The van der Waals surface area contributed by atoms with Crippen molar-refractivity contribution in [1.82, 2.24) is 5.32 Å². The van der Waals surface area contributed by atoms with Gasteiger partial charge in [0, 0.05) is 12.8 Å². The number of nitrogens with one attached hydrogen (secondary N) is 1. The van der Waals surface area contributed by atoms with Gasteiger partial charge >= 0.3 is 11.9 Å². The summed E-state index contributed by atoms with van der Waals surface area (Å²) in [6.45, 7) is 7.94. The second kappa shape index (κ2) is 41.7. The summed E-state index contributed by atoms with van der Waals surface area (Å²) >= 11 is 0. The molecule has 1 saturated heterocycles. The molecule has 0 spiro atoms. The molecule has 2 aromatic carbocycles. The lowest BCUT2D eigenvalue weighted by atomic mass is 9.96. The topological polar surface area (TPSA) is 164 Å². The minimum Gasteiger partial charge on any atom is -0.462 e. The highest BCUT2D eigenvalue weighted by Gasteiger charge is 2.49. The van der Waals surface area contributed by atoms with Crippen molar-refractivity contribution in [2.75, 3.05) is 6.61 Å². The molecule has 0 saturated carbocycles. The van der Waals surface area contributed by atoms with Gasteiger partial charge in [-0.25, -0.2) is 0 Å². The molecule has 2 N–H and O–H groups in total. The van der Waals surface area contributed by atoms with Crippen LogP contribution in [0.15, 0.2) is 59.5 Å². The van der Waals surface area contributed by atoms with Crippen LogP contribution in [0.1, 0.15) is 257 Å². The lowest BCUT2D eigenvalue weighted by Gasteiger charge is -2.44. The van der Waals surface area contributed by atoms with Crippen molar-refractivity contribution in [3.05, 3.63) is 65.7 Å². The molecular weight excluding hydrogens is 967 g/mol. The number of aryl methyl sites for hydroxylation is 1. The molecule has 12 nitrogen and oxygen atoms in total. The van der Waals surface area contributed by atoms with Crippen molar-refractivity contribution in [1.29, 1.82) is 0 Å². The van der Waals surface area contributed by atoms with Crippen LogP contribution in [0.2, 0.25) is 0 Å². The monoisotopic (exact) mass is 1070 g/mol. The molecule has 0 radical (unpaired) electrons. The Morgan fingerprint density at radius 3 is 1.55 bits per heavy atom. The van der Waals surface area contributed by atoms with Crippen molar-refractivity contribution in [3.8, 4) is 0 Å². The van der Waals surface area contributed by atoms with E-state index < -0.39 is 65.3 Å². The largest absolute Gasteiger partial charge is 0.462 e. The summed E-state index contributed by atoms with van der Waals surface area (Å²) in [5.74, 6) is -1.38. The Bertz CT molecular complexity index is 1860. The predicted molar refractivity (Wildman–Crippen MR) is 301 cm³/mol. The van der Waals surface area contributed by atoms with Crippen LogP contribution in [0.4, 0.5) is 0 Å². The van der Waals surface area contributed by atoms with Gasteiger partial charge in [-0.2, -0.15) is 8.42 Å². The van der Waals surface area contributed by atoms with E-state index in [2.05, 4.69) is 26.1 Å². The molecule has 75 heavy (non-hydrogen) atoms. The van der Waals surface area contributed by atoms with Crippen molar-refractivity contribution in [2.45, 2.75) is 301 Å². The van der Waals surface area contributed by atoms with Crippen molar-refractivity contribution in [2.24, 2.45) is 0 Å². The van der Waals surface area contributed by atoms with E-state index in [1.807, 2.05) is 37.3 Å². The first kappa shape index (κ1) is 65.9. The smallest absolute Gasteiger partial charge is 0.306 e. The zero-order valence-corrected chi connectivity index (χ0v) is 48.1. The van der Waals surface area contributed by atoms with E-state index in [1.165, 1.54) is 134 Å². The van der Waals surface area contributed by atoms with Crippen LogP contribution < -0.4 is 5.32 Å². The highest BCUT2D eigenvalue weighted by atomic mass is 32.2. The van der Waals surface area contributed by atoms with Gasteiger partial charge < -0.3 is 29.4 Å². The van der Waals surface area contributed by atoms with Crippen LogP contribution in [0.5, 0.6) is 0 Å². The maximum Gasteiger partial charge on any atom is 0.306 e. The van der Waals surface area contributed by atoms with Gasteiger partial charge in [0.25, 0.3) is 10.1 Å². The Morgan fingerprint density at radius 2 is 1.05 bits per heavy atom. The van der Waals surface area contributed by atoms with E-state index in [0.717, 1.165) is 81.8 Å². The zero-order valence-electron chi connectivity index (χ0n) is 47.3. The summed E-state index contributed by atoms with van der Waals surface area (Å²) in [5.41, 5.74) is 1.67. The summed E-state index contributed by atoms with van der Waals surface area (Å²) in [6, 6.07) is 14.3. The summed E-state index contributed by atoms with van der Waals surface area (Å²) < 4.78 is 57.1. The normalized spacial score (nSPS) is 18.2. The van der Waals surface area contributed by atoms with Crippen LogP contribution in [0.3, 0.4) is 0 Å². The lowest BCUT2D eigenvalue weighted by Crippen LogP contribution is -2.66. The number of amides is 1. The molecule has 6 atom stereocenters. The van der Waals surface area contributed by atoms with Crippen LogP contribution >= 0.6 is 0 Å². The number of carbonyl (C=O) groups excluding carboxylic acids is 3. The fourth-order valence-electron chi connectivity index (χ4n) is 9.83. The van der Waals surface area contributed by atoms with Crippen molar-refractivity contribution < 1.29 is 51.0 Å². The quantitative estimate of drug-likeness (QED) is 0.0368. The van der Waals surface area contributed by atoms with Gasteiger partial charge in [-0.15, -0.1) is 0 Å². The molecule has 1 aliphatic rings. The van der Waals surface area contributed by atoms with Gasteiger partial charge in [-0.3, -0.25) is 18.6 Å². The Hall–Kier alpha value is -3.36. The number of esters is 2. The second-order valence-electron chi connectivity index (χ2n) is 21.4. The average molecular weight is 1070 g/mol. The van der Waals surface area contributed by atoms with E-state index in [0.29, 0.717) is 12.8 Å². The van der Waals surface area contributed by atoms with Crippen LogP contribution in [-0.4, -0.2) is 74.7 Å². The van der Waals surface area contributed by atoms with Crippen LogP contribution in [-0.2, 0) is 54.2 Å². The number of benzene rings is 2. The lowest BCUT2D eigenvalue weighted by molar-refractivity contribution is -0.275. The van der Waals surface area contributed by atoms with Gasteiger partial charge in [0.15, 0.2) is 12.4 Å². The number of carbonyl (C=O) groups is 3. The molecule has 0 aliphatic carbocycles. The predicted octanol–water partition coefficient (Wildman–Crippen LogP) is 15.0. The first-order valence-corrected chi connectivity index (χ1v) is 31.5. The molecular formula is C62H103NO11S. The average Bonchev–Trinajstić information content (AvgIpc) is 3.39. The van der Waals surface area contributed by atoms with E-state index in [-0.39, 0.29) is 36.7 Å². The highest BCUT2D eigenvalue weighted by Crippen LogP contribution is 2.29. The number of hydrogen-bond acceptors (Lipinski definition) is 11. The molecule has 1 aliphatic heterocycles. The number of unbranched alkanes of at least 4 members (excludes halogenated alkanes) is 28. The number of aliphatic hydroxyl groups is 1. The van der Waals surface area contributed by atoms with Gasteiger partial charge in [-0.05, 0) is 50.3 Å². The Balaban J connectivity index is 1.77. The van der Waals surface area contributed by atoms with E-state index in [4.69, 9.17) is 23.1 Å². The molecule has 0 bridgehead atoms. The number of aliphatic hydroxyl groups excluding tert-OH is 1. The zero-order chi connectivity index (χ0) is 54.2. The van der Waals surface area contributed by atoms with E-state index in [9.17, 15) is 27.9 Å². The van der Waals surface area contributed by atoms with Gasteiger partial charge in [0.05, 0.1) is 24.5 Å². The van der Waals surface area contributed by atoms with Gasteiger partial charge in [0.1, 0.15) is 24.4 Å². The second-order valence-corrected chi connectivity index (χ2v) is 23.0. The van der Waals surface area contributed by atoms with Crippen molar-refractivity contribution >= 4 is 28.0 Å². The summed E-state index contributed by atoms with van der Waals surface area (Å²) in [5, 5.41) is 15.0. The van der Waals surface area contributed by atoms with E-state index >= 15 is 0 Å². The molecule has 0 unspecified atom stereocenters. The SMILES string of the molecule is CCCCCCCCCCCCCC(=O)O[C@@H](CCCCCCCCCCC)CC(=O)N[C@H]1[C@H](OCc2ccccc2)O[C@H](COS(=O)(=O)c2ccc(C)cc2)[C@@H](O)[C@@H]1OC(=O)CCCCCCCCCCCCC. The summed E-state index contributed by atoms with van der Waals surface area (Å²) in [7, 11) is -4.28. The Kier molecular flexibility index (Phi) is 36.7. The third kappa shape index (κ3) is 30.4. The summed E-state index contributed by atoms with van der Waals surface area (Å²) in [6.07, 6.45) is 29.6. The van der Waals surface area contributed by atoms with Crippen molar-refractivity contribution in [3.63, 3.8) is 0 Å². The van der Waals surface area contributed by atoms with Crippen LogP contribution in [0.25, 0.3) is 0 Å². The maximum absolute atomic E-state index is 14.3. The highest BCUT2D eigenvalue weighted by molar-refractivity contribution is 7.86. The number of ether oxygens (including phenoxy) is 4. The molecule has 428 valence electrons. The number of rotatable bonds is 46. The van der Waals surface area contributed by atoms with Gasteiger partial charge in [-0.1, -0.05) is 249 Å². The van der Waals surface area contributed by atoms with Crippen LogP contribution in [0, 0.1) is 6.92 Å². The Morgan fingerprint density at radius 1 is 0.600 bits per heavy atom. The molecule has 2 aromatic rings. The van der Waals surface area contributed by atoms with Gasteiger partial charge in [0.2, 0.25) is 5.91 Å². The minimum absolute atomic E-state index is 0.0283. The first-order chi connectivity index (χ1) is 36.5. The third-order valence-corrected chi connectivity index (χ3v) is 15.8. The fourth-order valence-corrected chi connectivity index (χ4v) is 10.8. The maximum atomic E-state index is 14.3. The molecule has 3 rings (SSSR count). The third-order valence-electron chi connectivity index (χ3n) is 14.5. The minimum atomic E-state index is -4.28. The standard InChI is InChI=1S/C62H103NO11S/c1-5-8-11-14-17-20-22-25-28-31-37-42-57(65)72-53(41-36-30-27-24-19-16-13-10-7-3)48-56(64)63-59-61(74-58(66)43-38-32-29-26-23-21-18-15-12-9-6-2)60(67)55(73-62(59)70-49-52-39-34-33-35-40-52)50-71-75(68,69)54-46-44-51(4)45-47-54/h33-35,39-40,44-47,53,55,59-62,67H,5-32,36-38,41-43,48-50H2,1-4H3,(H,63,64)/t53-,55+,59+,60+,61+,62+/m0/s1. The Labute approximate surface area is 455 Å². The molecule has 1 fully saturated rings. The molecule has 13 heteroatoms. The summed E-state index contributed by atoms with van der Waals surface area (Å²) in [4.78, 5) is 41.4. The molecule has 1 amide bonds. The number of hydrogen-bond donors (Lipinski definition) is 2.